The van der Waals surface area contributed by atoms with Crippen molar-refractivity contribution in [1.82, 2.24) is 0 Å². The number of alkyl halides is 6. The van der Waals surface area contributed by atoms with Crippen LogP contribution in [0.3, 0.4) is 0 Å². The lowest BCUT2D eigenvalue weighted by molar-refractivity contribution is -0.139. The van der Waals surface area contributed by atoms with Gasteiger partial charge in [0.1, 0.15) is 11.5 Å². The van der Waals surface area contributed by atoms with Gasteiger partial charge < -0.3 is 9.53 Å². The van der Waals surface area contributed by atoms with Gasteiger partial charge in [-0.15, -0.1) is 0 Å². The fourth-order valence-corrected chi connectivity index (χ4v) is 6.28. The second-order valence-electron chi connectivity index (χ2n) is 11.8. The molecule has 0 heterocycles. The molecule has 0 radical (unpaired) electrons. The van der Waals surface area contributed by atoms with Gasteiger partial charge in [0.05, 0.1) is 11.1 Å². The second-order valence-corrected chi connectivity index (χ2v) is 16.5. The summed E-state index contributed by atoms with van der Waals surface area (Å²) in [5, 5.41) is 10.7. The van der Waals surface area contributed by atoms with Crippen LogP contribution >= 0.6 is 0 Å². The van der Waals surface area contributed by atoms with E-state index in [4.69, 9.17) is 4.43 Å². The first kappa shape index (κ1) is 27.9. The number of fused-ring (bicyclic) bond motifs is 2. The maximum Gasteiger partial charge on any atom is 0.419 e. The van der Waals surface area contributed by atoms with E-state index in [1.807, 2.05) is 33.9 Å². The predicted molar refractivity (Wildman–Crippen MR) is 135 cm³/mol. The molecule has 0 aliphatic heterocycles. The van der Waals surface area contributed by atoms with Gasteiger partial charge in [-0.1, -0.05) is 20.8 Å². The Morgan fingerprint density at radius 2 is 1.14 bits per heavy atom. The van der Waals surface area contributed by atoms with Crippen molar-refractivity contribution in [2.75, 3.05) is 0 Å². The van der Waals surface area contributed by atoms with Crippen molar-refractivity contribution in [2.24, 2.45) is 0 Å². The first-order valence-corrected chi connectivity index (χ1v) is 15.7. The molecule has 0 fully saturated rings. The Morgan fingerprint density at radius 1 is 0.703 bits per heavy atom. The molecule has 0 saturated heterocycles. The first-order valence-electron chi connectivity index (χ1n) is 12.8. The third-order valence-electron chi connectivity index (χ3n) is 8.25. The Bertz CT molecular complexity index is 1210. The zero-order valence-electron chi connectivity index (χ0n) is 21.9. The van der Waals surface area contributed by atoms with Crippen LogP contribution in [0.15, 0.2) is 12.1 Å². The van der Waals surface area contributed by atoms with Crippen molar-refractivity contribution in [2.45, 2.75) is 103 Å². The van der Waals surface area contributed by atoms with Gasteiger partial charge in [0.2, 0.25) is 0 Å². The van der Waals surface area contributed by atoms with Gasteiger partial charge >= 0.3 is 12.4 Å². The van der Waals surface area contributed by atoms with Crippen LogP contribution in [0.25, 0.3) is 11.1 Å². The topological polar surface area (TPSA) is 29.5 Å². The molecule has 0 saturated carbocycles. The zero-order chi connectivity index (χ0) is 27.6. The number of phenolic OH excluding ortho intramolecular Hbond substituents is 1. The number of hydrogen-bond donors (Lipinski definition) is 1. The van der Waals surface area contributed by atoms with Crippen molar-refractivity contribution in [3.05, 3.63) is 45.5 Å². The van der Waals surface area contributed by atoms with Gasteiger partial charge in [0.15, 0.2) is 0 Å². The van der Waals surface area contributed by atoms with E-state index in [1.54, 1.807) is 0 Å². The Labute approximate surface area is 215 Å². The summed E-state index contributed by atoms with van der Waals surface area (Å²) in [6.07, 6.45) is -5.29. The minimum Gasteiger partial charge on any atom is -0.543 e. The molecule has 2 aromatic carbocycles. The summed E-state index contributed by atoms with van der Waals surface area (Å²) < 4.78 is 92.4. The average Bonchev–Trinajstić information content (AvgIpc) is 2.76. The number of benzene rings is 2. The molecule has 4 rings (SSSR count). The van der Waals surface area contributed by atoms with Crippen molar-refractivity contribution in [3.8, 4) is 22.6 Å². The van der Waals surface area contributed by atoms with Crippen LogP contribution in [0.5, 0.6) is 11.5 Å². The molecular weight excluding hydrogens is 510 g/mol. The Morgan fingerprint density at radius 3 is 1.59 bits per heavy atom. The first-order chi connectivity index (χ1) is 16.9. The van der Waals surface area contributed by atoms with E-state index < -0.39 is 48.3 Å². The fraction of sp³-hybridized carbons (Fsp3) is 0.571. The highest BCUT2D eigenvalue weighted by Gasteiger charge is 2.45. The molecule has 2 nitrogen and oxygen atoms in total. The Hall–Kier alpha value is -2.16. The van der Waals surface area contributed by atoms with Crippen molar-refractivity contribution >= 4 is 8.32 Å². The molecule has 0 unspecified atom stereocenters. The summed E-state index contributed by atoms with van der Waals surface area (Å²) in [7, 11) is -2.87. The number of phenols is 1. The van der Waals surface area contributed by atoms with E-state index in [-0.39, 0.29) is 11.1 Å². The van der Waals surface area contributed by atoms with Crippen LogP contribution in [-0.2, 0) is 38.0 Å². The molecule has 9 heteroatoms. The Kier molecular flexibility index (Phi) is 6.96. The normalized spacial score (nSPS) is 16.8. The highest BCUT2D eigenvalue weighted by Crippen LogP contribution is 2.55. The maximum atomic E-state index is 14.6. The zero-order valence-corrected chi connectivity index (χ0v) is 22.9. The minimum absolute atomic E-state index is 0.0103. The number of halogens is 6. The average molecular weight is 545 g/mol. The van der Waals surface area contributed by atoms with E-state index in [0.29, 0.717) is 73.6 Å². The summed E-state index contributed by atoms with van der Waals surface area (Å²) in [6.45, 7) is 9.33. The van der Waals surface area contributed by atoms with Gasteiger partial charge in [-0.25, -0.2) is 0 Å². The highest BCUT2D eigenvalue weighted by atomic mass is 28.4. The summed E-state index contributed by atoms with van der Waals surface area (Å²) in [5.74, 6) is -1.43. The lowest BCUT2D eigenvalue weighted by Gasteiger charge is -2.39. The molecule has 0 spiro atoms. The standard InChI is InChI=1S/C28H34F6O2Si/c1-26(2,3)37(4,5)36-25-21(28(32,33)34)15-17-11-7-9-13-19(17)23(25)22-18-12-8-6-10-16(18)14-20(24(22)35)27(29,30)31/h14-15,35H,6-13H2,1-5H3. The second kappa shape index (κ2) is 9.24. The molecule has 2 aliphatic carbocycles. The van der Waals surface area contributed by atoms with Gasteiger partial charge in [-0.3, -0.25) is 0 Å². The third-order valence-corrected chi connectivity index (χ3v) is 12.6. The lowest BCUT2D eigenvalue weighted by atomic mass is 9.78. The van der Waals surface area contributed by atoms with Gasteiger partial charge in [-0.2, -0.15) is 26.3 Å². The predicted octanol–water partition coefficient (Wildman–Crippen LogP) is 9.24. The van der Waals surface area contributed by atoms with Crippen LogP contribution in [-0.4, -0.2) is 13.4 Å². The molecule has 2 aliphatic rings. The number of aryl methyl sites for hydroxylation is 2. The number of rotatable bonds is 3. The molecule has 1 N–H and O–H groups in total. The summed E-state index contributed by atoms with van der Waals surface area (Å²) >= 11 is 0. The molecular formula is C28H34F6O2Si. The largest absolute Gasteiger partial charge is 0.543 e. The van der Waals surface area contributed by atoms with Gasteiger partial charge in [0, 0.05) is 11.1 Å². The third kappa shape index (κ3) is 5.12. The minimum atomic E-state index is -4.85. The number of aromatic hydroxyl groups is 1. The smallest absolute Gasteiger partial charge is 0.419 e. The summed E-state index contributed by atoms with van der Waals surface area (Å²) in [6, 6.07) is 2.10. The van der Waals surface area contributed by atoms with Crippen LogP contribution in [0.2, 0.25) is 18.1 Å². The van der Waals surface area contributed by atoms with Crippen LogP contribution in [0.1, 0.15) is 79.8 Å². The van der Waals surface area contributed by atoms with E-state index in [1.165, 1.54) is 0 Å². The Balaban J connectivity index is 2.18. The lowest BCUT2D eigenvalue weighted by Crippen LogP contribution is -2.44. The SMILES string of the molecule is CC(C)(C)[Si](C)(C)Oc1c(C(F)(F)F)cc2c(c1-c1c(O)c(C(F)(F)F)cc3c1CCCC3)CCCC2. The highest BCUT2D eigenvalue weighted by molar-refractivity contribution is 6.74. The maximum absolute atomic E-state index is 14.6. The molecule has 2 aromatic rings. The summed E-state index contributed by atoms with van der Waals surface area (Å²) in [4.78, 5) is 0. The number of hydrogen-bond acceptors (Lipinski definition) is 2. The van der Waals surface area contributed by atoms with Gasteiger partial charge in [0.25, 0.3) is 8.32 Å². The molecule has 37 heavy (non-hydrogen) atoms. The van der Waals surface area contributed by atoms with Crippen molar-refractivity contribution < 1.29 is 35.9 Å². The van der Waals surface area contributed by atoms with E-state index in [0.717, 1.165) is 12.1 Å². The van der Waals surface area contributed by atoms with Crippen LogP contribution in [0, 0.1) is 0 Å². The summed E-state index contributed by atoms with van der Waals surface area (Å²) in [5.41, 5.74) is -0.320. The van der Waals surface area contributed by atoms with Gasteiger partial charge in [-0.05, 0) is 104 Å². The fourth-order valence-electron chi connectivity index (χ4n) is 5.25. The van der Waals surface area contributed by atoms with E-state index in [9.17, 15) is 31.4 Å². The van der Waals surface area contributed by atoms with E-state index in [2.05, 4.69) is 0 Å². The van der Waals surface area contributed by atoms with Crippen molar-refractivity contribution in [1.29, 1.82) is 0 Å². The molecule has 0 aromatic heterocycles. The monoisotopic (exact) mass is 544 g/mol. The van der Waals surface area contributed by atoms with E-state index >= 15 is 0 Å². The molecule has 0 atom stereocenters. The van der Waals surface area contributed by atoms with Crippen LogP contribution in [0.4, 0.5) is 26.3 Å². The molecule has 0 amide bonds. The van der Waals surface area contributed by atoms with Crippen LogP contribution < -0.4 is 4.43 Å². The molecule has 204 valence electrons. The quantitative estimate of drug-likeness (QED) is 0.308. The van der Waals surface area contributed by atoms with Crippen molar-refractivity contribution in [3.63, 3.8) is 0 Å². The molecule has 0 bridgehead atoms.